The summed E-state index contributed by atoms with van der Waals surface area (Å²) in [5, 5.41) is 15.3. The number of aliphatic hydroxyl groups is 1. The van der Waals surface area contributed by atoms with Crippen molar-refractivity contribution >= 4 is 36.5 Å². The molecule has 0 saturated carbocycles. The molecular formula is C23H45N2O8PS. The van der Waals surface area contributed by atoms with Crippen molar-refractivity contribution in [2.24, 2.45) is 5.41 Å². The third-order valence-electron chi connectivity index (χ3n) is 5.42. The molecule has 12 heteroatoms. The number of thioether (sulfide) groups is 1. The summed E-state index contributed by atoms with van der Waals surface area (Å²) in [5.74, 6) is -0.577. The molecule has 0 rings (SSSR count). The Labute approximate surface area is 214 Å². The lowest BCUT2D eigenvalue weighted by atomic mass is 9.87. The summed E-state index contributed by atoms with van der Waals surface area (Å²) in [6.45, 7) is 4.87. The van der Waals surface area contributed by atoms with Gasteiger partial charge >= 0.3 is 7.82 Å². The van der Waals surface area contributed by atoms with Crippen LogP contribution >= 0.6 is 19.6 Å². The number of nitrogens with one attached hydrogen (secondary N) is 2. The molecule has 0 aliphatic heterocycles. The summed E-state index contributed by atoms with van der Waals surface area (Å²) in [7, 11) is -4.72. The molecule has 0 bridgehead atoms. The zero-order chi connectivity index (χ0) is 26.7. The molecule has 0 aromatic heterocycles. The molecule has 0 aromatic carbocycles. The van der Waals surface area contributed by atoms with Gasteiger partial charge in [0.05, 0.1) is 6.61 Å². The van der Waals surface area contributed by atoms with Crippen molar-refractivity contribution in [1.82, 2.24) is 10.6 Å². The Kier molecular flexibility index (Phi) is 18.7. The molecule has 0 aliphatic rings. The molecular weight excluding hydrogens is 495 g/mol. The Morgan fingerprint density at radius 2 is 1.49 bits per heavy atom. The lowest BCUT2D eigenvalue weighted by molar-refractivity contribution is -0.137. The van der Waals surface area contributed by atoms with Crippen LogP contribution in [0.1, 0.15) is 91.4 Å². The van der Waals surface area contributed by atoms with E-state index >= 15 is 0 Å². The number of aliphatic hydroxyl groups excluding tert-OH is 1. The van der Waals surface area contributed by atoms with Crippen LogP contribution in [0, 0.1) is 5.41 Å². The topological polar surface area (TPSA) is 162 Å². The summed E-state index contributed by atoms with van der Waals surface area (Å²) in [6, 6.07) is 0. The van der Waals surface area contributed by atoms with Gasteiger partial charge in [0.2, 0.25) is 11.8 Å². The van der Waals surface area contributed by atoms with E-state index in [1.165, 1.54) is 70.6 Å². The summed E-state index contributed by atoms with van der Waals surface area (Å²) in [6.07, 6.45) is 9.83. The molecule has 2 amide bonds. The van der Waals surface area contributed by atoms with E-state index < -0.39 is 31.9 Å². The van der Waals surface area contributed by atoms with E-state index in [-0.39, 0.29) is 24.0 Å². The number of carbonyl (C=O) groups is 3. The molecule has 0 heterocycles. The number of phosphoric acid groups is 1. The highest BCUT2D eigenvalue weighted by Gasteiger charge is 2.35. The van der Waals surface area contributed by atoms with Gasteiger partial charge in [0, 0.05) is 37.1 Å². The van der Waals surface area contributed by atoms with Crippen LogP contribution in [0.15, 0.2) is 0 Å². The average Bonchev–Trinajstić information content (AvgIpc) is 2.78. The van der Waals surface area contributed by atoms with E-state index in [2.05, 4.69) is 22.1 Å². The summed E-state index contributed by atoms with van der Waals surface area (Å²) in [4.78, 5) is 53.4. The van der Waals surface area contributed by atoms with E-state index in [9.17, 15) is 24.1 Å². The highest BCUT2D eigenvalue weighted by molar-refractivity contribution is 8.13. The van der Waals surface area contributed by atoms with Gasteiger partial charge < -0.3 is 25.5 Å². The predicted octanol–water partition coefficient (Wildman–Crippen LogP) is 3.29. The van der Waals surface area contributed by atoms with Crippen LogP contribution in [0.2, 0.25) is 0 Å². The van der Waals surface area contributed by atoms with E-state index in [4.69, 9.17) is 9.79 Å². The second-order valence-electron chi connectivity index (χ2n) is 9.35. The summed E-state index contributed by atoms with van der Waals surface area (Å²) in [5.41, 5.74) is -1.24. The Morgan fingerprint density at radius 3 is 2.06 bits per heavy atom. The lowest BCUT2D eigenvalue weighted by Gasteiger charge is -2.29. The lowest BCUT2D eigenvalue weighted by Crippen LogP contribution is -2.46. The molecule has 1 atom stereocenters. The number of carbonyl (C=O) groups excluding carboxylic acids is 3. The van der Waals surface area contributed by atoms with Gasteiger partial charge in [0.1, 0.15) is 6.10 Å². The van der Waals surface area contributed by atoms with Gasteiger partial charge in [0.25, 0.3) is 0 Å². The highest BCUT2D eigenvalue weighted by atomic mass is 32.2. The normalized spacial score (nSPS) is 12.9. The minimum atomic E-state index is -4.72. The third kappa shape index (κ3) is 19.8. The zero-order valence-corrected chi connectivity index (χ0v) is 23.1. The van der Waals surface area contributed by atoms with Crippen LogP contribution in [0.4, 0.5) is 0 Å². The molecule has 0 radical (unpaired) electrons. The second-order valence-corrected chi connectivity index (χ2v) is 11.7. The number of unbranched alkanes of at least 4 members (excludes halogenated alkanes) is 8. The van der Waals surface area contributed by atoms with Crippen molar-refractivity contribution < 1.29 is 38.4 Å². The summed E-state index contributed by atoms with van der Waals surface area (Å²) < 4.78 is 15.2. The Morgan fingerprint density at radius 1 is 0.914 bits per heavy atom. The zero-order valence-electron chi connectivity index (χ0n) is 21.4. The Bertz CT molecular complexity index is 672. The van der Waals surface area contributed by atoms with E-state index in [0.29, 0.717) is 18.7 Å². The number of hydrogen-bond donors (Lipinski definition) is 5. The SMILES string of the molecule is CCCCCCCCCCCC(=O)SCCNC(=O)CCNC(=O)C(O)C(C)(C)COP(=O)(O)O. The van der Waals surface area contributed by atoms with Gasteiger partial charge in [-0.15, -0.1) is 0 Å². The first-order valence-electron chi connectivity index (χ1n) is 12.5. The van der Waals surface area contributed by atoms with E-state index in [0.717, 1.165) is 12.8 Å². The maximum atomic E-state index is 12.0. The van der Waals surface area contributed by atoms with Crippen molar-refractivity contribution in [3.63, 3.8) is 0 Å². The van der Waals surface area contributed by atoms with Crippen LogP contribution in [0.3, 0.4) is 0 Å². The summed E-state index contributed by atoms with van der Waals surface area (Å²) >= 11 is 1.21. The fraction of sp³-hybridized carbons (Fsp3) is 0.870. The highest BCUT2D eigenvalue weighted by Crippen LogP contribution is 2.38. The standard InChI is InChI=1S/C23H45N2O8PS/c1-4-5-6-7-8-9-10-11-12-13-20(27)35-17-16-24-19(26)14-15-25-22(29)21(28)23(2,3)18-33-34(30,31)32/h21,28H,4-18H2,1-3H3,(H,24,26)(H,25,29)(H2,30,31,32). The fourth-order valence-electron chi connectivity index (χ4n) is 3.18. The van der Waals surface area contributed by atoms with E-state index in [1.807, 2.05) is 0 Å². The smallest absolute Gasteiger partial charge is 0.383 e. The fourth-order valence-corrected chi connectivity index (χ4v) is 4.40. The van der Waals surface area contributed by atoms with Crippen molar-refractivity contribution in [1.29, 1.82) is 0 Å². The predicted molar refractivity (Wildman–Crippen MR) is 138 cm³/mol. The molecule has 10 nitrogen and oxygen atoms in total. The first-order chi connectivity index (χ1) is 16.4. The maximum Gasteiger partial charge on any atom is 0.469 e. The average molecular weight is 541 g/mol. The molecule has 0 aromatic rings. The number of phosphoric ester groups is 1. The minimum Gasteiger partial charge on any atom is -0.383 e. The molecule has 0 spiro atoms. The Hall–Kier alpha value is -0.970. The van der Waals surface area contributed by atoms with Crippen molar-refractivity contribution in [3.05, 3.63) is 0 Å². The van der Waals surface area contributed by atoms with Gasteiger partial charge in [-0.05, 0) is 6.42 Å². The van der Waals surface area contributed by atoms with Crippen molar-refractivity contribution in [2.75, 3.05) is 25.4 Å². The van der Waals surface area contributed by atoms with Crippen LogP contribution in [0.5, 0.6) is 0 Å². The molecule has 5 N–H and O–H groups in total. The first-order valence-corrected chi connectivity index (χ1v) is 15.0. The molecule has 1 unspecified atom stereocenters. The van der Waals surface area contributed by atoms with Crippen LogP contribution < -0.4 is 10.6 Å². The van der Waals surface area contributed by atoms with Crippen LogP contribution in [-0.4, -0.2) is 63.4 Å². The second kappa shape index (κ2) is 19.2. The molecule has 35 heavy (non-hydrogen) atoms. The van der Waals surface area contributed by atoms with Gasteiger partial charge in [-0.25, -0.2) is 4.57 Å². The molecule has 206 valence electrons. The quantitative estimate of drug-likeness (QED) is 0.109. The van der Waals surface area contributed by atoms with Gasteiger partial charge in [-0.1, -0.05) is 83.9 Å². The van der Waals surface area contributed by atoms with E-state index in [1.54, 1.807) is 0 Å². The number of hydrogen-bond acceptors (Lipinski definition) is 7. The maximum absolute atomic E-state index is 12.0. The molecule has 0 aliphatic carbocycles. The van der Waals surface area contributed by atoms with Crippen LogP contribution in [0.25, 0.3) is 0 Å². The largest absolute Gasteiger partial charge is 0.469 e. The minimum absolute atomic E-state index is 0.00503. The first kappa shape index (κ1) is 34.0. The third-order valence-corrected chi connectivity index (χ3v) is 6.82. The van der Waals surface area contributed by atoms with Gasteiger partial charge in [0.15, 0.2) is 5.12 Å². The molecule has 0 saturated heterocycles. The van der Waals surface area contributed by atoms with Gasteiger partial charge in [-0.3, -0.25) is 18.9 Å². The Balaban J connectivity index is 3.81. The van der Waals surface area contributed by atoms with Crippen molar-refractivity contribution in [2.45, 2.75) is 97.5 Å². The molecule has 0 fully saturated rings. The number of rotatable bonds is 21. The van der Waals surface area contributed by atoms with Crippen molar-refractivity contribution in [3.8, 4) is 0 Å². The monoisotopic (exact) mass is 540 g/mol. The van der Waals surface area contributed by atoms with Gasteiger partial charge in [-0.2, -0.15) is 0 Å². The van der Waals surface area contributed by atoms with Crippen LogP contribution in [-0.2, 0) is 23.5 Å². The number of amides is 2.